The Morgan fingerprint density at radius 1 is 0.933 bits per heavy atom. The van der Waals surface area contributed by atoms with E-state index in [2.05, 4.69) is 4.98 Å². The van der Waals surface area contributed by atoms with Gasteiger partial charge < -0.3 is 0 Å². The highest BCUT2D eigenvalue weighted by Crippen LogP contribution is 2.36. The predicted molar refractivity (Wildman–Crippen MR) is 118 cm³/mol. The second-order valence-electron chi connectivity index (χ2n) is 7.00. The Morgan fingerprint density at radius 2 is 1.67 bits per heavy atom. The van der Waals surface area contributed by atoms with E-state index < -0.39 is 10.0 Å². The number of aromatic nitrogens is 4. The molecule has 30 heavy (non-hydrogen) atoms. The fraction of sp³-hybridized carbons (Fsp3) is 0.0909. The maximum atomic E-state index is 13.1. The Hall–Kier alpha value is -3.23. The Labute approximate surface area is 178 Å². The lowest BCUT2D eigenvalue weighted by Crippen LogP contribution is -2.15. The van der Waals surface area contributed by atoms with Crippen LogP contribution < -0.4 is 0 Å². The third-order valence-electron chi connectivity index (χ3n) is 5.06. The second-order valence-corrected chi connectivity index (χ2v) is 9.68. The van der Waals surface area contributed by atoms with Crippen LogP contribution in [0.1, 0.15) is 11.4 Å². The van der Waals surface area contributed by atoms with E-state index in [0.717, 1.165) is 27.3 Å². The van der Waals surface area contributed by atoms with Gasteiger partial charge in [0.05, 0.1) is 10.4 Å². The number of pyridine rings is 1. The minimum Gasteiger partial charge on any atom is -0.243 e. The van der Waals surface area contributed by atoms with Crippen LogP contribution in [0.5, 0.6) is 0 Å². The molecule has 0 aliphatic heterocycles. The van der Waals surface area contributed by atoms with Gasteiger partial charge in [-0.05, 0) is 55.8 Å². The predicted octanol–water partition coefficient (Wildman–Crippen LogP) is 4.78. The lowest BCUT2D eigenvalue weighted by atomic mass is 10.0. The third-order valence-corrected chi connectivity index (χ3v) is 7.77. The number of nitrogens with zero attached hydrogens (tertiary/aromatic N) is 4. The third kappa shape index (κ3) is 2.88. The van der Waals surface area contributed by atoms with E-state index in [1.807, 2.05) is 46.4 Å². The van der Waals surface area contributed by atoms with E-state index in [-0.39, 0.29) is 4.90 Å². The van der Waals surface area contributed by atoms with Crippen LogP contribution >= 0.6 is 11.3 Å². The monoisotopic (exact) mass is 434 g/mol. The van der Waals surface area contributed by atoms with E-state index in [0.29, 0.717) is 11.4 Å². The summed E-state index contributed by atoms with van der Waals surface area (Å²) < 4.78 is 29.5. The first-order valence-corrected chi connectivity index (χ1v) is 11.7. The standard InChI is InChI=1S/C22H18N4O2S2/c1-15-6-7-16(2)26(15)30(27,28)18-10-8-17(9-11-18)20-19-5-3-4-13-25(19)24-21(20)22-23-12-14-29-22/h3-14H,1-2H3. The molecule has 0 aliphatic rings. The molecule has 0 saturated heterocycles. The van der Waals surface area contributed by atoms with E-state index in [1.54, 1.807) is 44.3 Å². The van der Waals surface area contributed by atoms with Crippen molar-refractivity contribution in [1.29, 1.82) is 0 Å². The fourth-order valence-electron chi connectivity index (χ4n) is 3.71. The highest BCUT2D eigenvalue weighted by Gasteiger charge is 2.22. The summed E-state index contributed by atoms with van der Waals surface area (Å²) in [5, 5.41) is 7.45. The molecule has 4 heterocycles. The van der Waals surface area contributed by atoms with Crippen LogP contribution in [0.25, 0.3) is 27.3 Å². The average Bonchev–Trinajstić information content (AvgIpc) is 3.46. The Bertz CT molecular complexity index is 1440. The summed E-state index contributed by atoms with van der Waals surface area (Å²) in [5.41, 5.74) is 4.92. The van der Waals surface area contributed by atoms with Crippen molar-refractivity contribution in [2.24, 2.45) is 0 Å². The van der Waals surface area contributed by atoms with Gasteiger partial charge in [0.15, 0.2) is 0 Å². The minimum absolute atomic E-state index is 0.251. The first-order chi connectivity index (χ1) is 14.5. The van der Waals surface area contributed by atoms with Crippen LogP contribution in [0.3, 0.4) is 0 Å². The van der Waals surface area contributed by atoms with Crippen LogP contribution in [-0.2, 0) is 10.0 Å². The SMILES string of the molecule is Cc1ccc(C)n1S(=O)(=O)c1ccc(-c2c(-c3nccs3)nn3ccccc23)cc1. The van der Waals surface area contributed by atoms with Crippen molar-refractivity contribution in [2.75, 3.05) is 0 Å². The zero-order chi connectivity index (χ0) is 20.9. The van der Waals surface area contributed by atoms with Crippen molar-refractivity contribution in [3.63, 3.8) is 0 Å². The number of hydrogen-bond donors (Lipinski definition) is 0. The van der Waals surface area contributed by atoms with Crippen molar-refractivity contribution in [2.45, 2.75) is 18.7 Å². The first kappa shape index (κ1) is 18.8. The molecule has 150 valence electrons. The molecule has 4 aromatic heterocycles. The Balaban J connectivity index is 1.66. The molecule has 5 rings (SSSR count). The van der Waals surface area contributed by atoms with Gasteiger partial charge in [-0.25, -0.2) is 21.9 Å². The van der Waals surface area contributed by atoms with Crippen molar-refractivity contribution >= 4 is 26.9 Å². The summed E-state index contributed by atoms with van der Waals surface area (Å²) in [7, 11) is -3.65. The molecule has 0 unspecified atom stereocenters. The maximum absolute atomic E-state index is 13.1. The molecule has 0 aliphatic carbocycles. The van der Waals surface area contributed by atoms with Gasteiger partial charge in [0.1, 0.15) is 10.7 Å². The van der Waals surface area contributed by atoms with Crippen LogP contribution in [0.15, 0.2) is 77.3 Å². The van der Waals surface area contributed by atoms with Gasteiger partial charge in [-0.3, -0.25) is 0 Å². The largest absolute Gasteiger partial charge is 0.268 e. The van der Waals surface area contributed by atoms with E-state index >= 15 is 0 Å². The molecule has 8 heteroatoms. The summed E-state index contributed by atoms with van der Waals surface area (Å²) in [4.78, 5) is 4.67. The summed E-state index contributed by atoms with van der Waals surface area (Å²) in [6, 6.07) is 16.5. The molecular weight excluding hydrogens is 416 g/mol. The van der Waals surface area contributed by atoms with E-state index in [4.69, 9.17) is 5.10 Å². The average molecular weight is 435 g/mol. The lowest BCUT2D eigenvalue weighted by Gasteiger charge is -2.11. The molecule has 5 aromatic rings. The zero-order valence-electron chi connectivity index (χ0n) is 16.4. The molecule has 0 saturated carbocycles. The quantitative estimate of drug-likeness (QED) is 0.408. The topological polar surface area (TPSA) is 69.3 Å². The van der Waals surface area contributed by atoms with Crippen molar-refractivity contribution < 1.29 is 8.42 Å². The van der Waals surface area contributed by atoms with Crippen molar-refractivity contribution in [3.05, 3.63) is 83.8 Å². The molecule has 6 nitrogen and oxygen atoms in total. The number of hydrogen-bond acceptors (Lipinski definition) is 5. The first-order valence-electron chi connectivity index (χ1n) is 9.35. The van der Waals surface area contributed by atoms with Crippen LogP contribution in [0.4, 0.5) is 0 Å². The molecule has 0 bridgehead atoms. The molecule has 1 aromatic carbocycles. The number of fused-ring (bicyclic) bond motifs is 1. The molecule has 0 amide bonds. The highest BCUT2D eigenvalue weighted by atomic mass is 32.2. The van der Waals surface area contributed by atoms with Crippen molar-refractivity contribution in [3.8, 4) is 21.8 Å². The van der Waals surface area contributed by atoms with Gasteiger partial charge in [-0.1, -0.05) is 18.2 Å². The summed E-state index contributed by atoms with van der Waals surface area (Å²) >= 11 is 1.52. The van der Waals surface area contributed by atoms with Gasteiger partial charge in [-0.15, -0.1) is 11.3 Å². The summed E-state index contributed by atoms with van der Waals surface area (Å²) in [6.45, 7) is 3.58. The summed E-state index contributed by atoms with van der Waals surface area (Å²) in [6.07, 6.45) is 3.65. The van der Waals surface area contributed by atoms with Gasteiger partial charge in [0.25, 0.3) is 10.0 Å². The van der Waals surface area contributed by atoms with Gasteiger partial charge in [-0.2, -0.15) is 5.10 Å². The van der Waals surface area contributed by atoms with Crippen LogP contribution in [-0.4, -0.2) is 27.0 Å². The van der Waals surface area contributed by atoms with Crippen LogP contribution in [0, 0.1) is 13.8 Å². The minimum atomic E-state index is -3.65. The number of rotatable bonds is 4. The van der Waals surface area contributed by atoms with Crippen LogP contribution in [0.2, 0.25) is 0 Å². The molecule has 0 N–H and O–H groups in total. The van der Waals surface area contributed by atoms with Gasteiger partial charge >= 0.3 is 0 Å². The molecule has 0 spiro atoms. The van der Waals surface area contributed by atoms with Gasteiger partial charge in [0, 0.05) is 34.7 Å². The number of aryl methyl sites for hydroxylation is 2. The van der Waals surface area contributed by atoms with Crippen molar-refractivity contribution in [1.82, 2.24) is 18.6 Å². The molecule has 0 atom stereocenters. The summed E-state index contributed by atoms with van der Waals surface area (Å²) in [5.74, 6) is 0. The number of thiazole rings is 1. The molecule has 0 radical (unpaired) electrons. The lowest BCUT2D eigenvalue weighted by molar-refractivity contribution is 0.585. The fourth-order valence-corrected chi connectivity index (χ4v) is 5.90. The van der Waals surface area contributed by atoms with E-state index in [9.17, 15) is 8.42 Å². The smallest absolute Gasteiger partial charge is 0.243 e. The Kier molecular flexibility index (Phi) is 4.34. The molecular formula is C22H18N4O2S2. The second kappa shape index (κ2) is 6.93. The Morgan fingerprint density at radius 3 is 2.33 bits per heavy atom. The molecule has 0 fully saturated rings. The van der Waals surface area contributed by atoms with Gasteiger partial charge in [0.2, 0.25) is 0 Å². The van der Waals surface area contributed by atoms with E-state index in [1.165, 1.54) is 15.3 Å². The zero-order valence-corrected chi connectivity index (χ0v) is 18.0. The maximum Gasteiger partial charge on any atom is 0.268 e. The normalized spacial score (nSPS) is 11.9. The number of benzene rings is 1. The highest BCUT2D eigenvalue weighted by molar-refractivity contribution is 7.90.